The zero-order valence-corrected chi connectivity index (χ0v) is 11.4. The minimum absolute atomic E-state index is 0.174. The Morgan fingerprint density at radius 2 is 2.15 bits per heavy atom. The predicted molar refractivity (Wildman–Crippen MR) is 80.6 cm³/mol. The first-order valence-corrected chi connectivity index (χ1v) is 6.75. The van der Waals surface area contributed by atoms with E-state index in [1.165, 1.54) is 4.90 Å². The molecule has 1 aliphatic heterocycles. The average molecular weight is 283 g/mol. The Hall–Kier alpha value is -1.35. The molecule has 0 bridgehead atoms. The smallest absolute Gasteiger partial charge is 0.306 e. The SMILES string of the molecule is [2H]C([2H])([2H])N1CCC(CC(=O)OC([2H])([2H])C([2H])([2H])[2H])(Cc2ccccc2)CC1. The number of nitrogens with zero attached hydrogens (tertiary/aromatic N) is 1. The van der Waals surface area contributed by atoms with Gasteiger partial charge in [0, 0.05) is 8.22 Å². The minimum Gasteiger partial charge on any atom is -0.466 e. The molecule has 0 N–H and O–H groups in total. The van der Waals surface area contributed by atoms with E-state index in [9.17, 15) is 4.79 Å². The summed E-state index contributed by atoms with van der Waals surface area (Å²) in [5.41, 5.74) is 0.349. The highest BCUT2D eigenvalue weighted by Gasteiger charge is 2.36. The van der Waals surface area contributed by atoms with Gasteiger partial charge in [-0.15, -0.1) is 0 Å². The molecule has 1 fully saturated rings. The fraction of sp³-hybridized carbons (Fsp3) is 0.588. The summed E-state index contributed by atoms with van der Waals surface area (Å²) in [5, 5.41) is 0. The monoisotopic (exact) mass is 283 g/mol. The quantitative estimate of drug-likeness (QED) is 0.778. The summed E-state index contributed by atoms with van der Waals surface area (Å²) in [6, 6.07) is 9.42. The molecule has 1 aromatic rings. The van der Waals surface area contributed by atoms with Crippen LogP contribution in [-0.2, 0) is 16.0 Å². The highest BCUT2D eigenvalue weighted by atomic mass is 16.5. The summed E-state index contributed by atoms with van der Waals surface area (Å²) in [6.07, 6.45) is 1.14. The van der Waals surface area contributed by atoms with Crippen LogP contribution in [0, 0.1) is 5.41 Å². The van der Waals surface area contributed by atoms with E-state index in [0.29, 0.717) is 19.3 Å². The summed E-state index contributed by atoms with van der Waals surface area (Å²) in [6.45, 7) is -7.83. The maximum Gasteiger partial charge on any atom is 0.306 e. The number of carbonyl (C=O) groups is 1. The van der Waals surface area contributed by atoms with Gasteiger partial charge in [0.1, 0.15) is 0 Å². The van der Waals surface area contributed by atoms with Crippen LogP contribution in [0.25, 0.3) is 0 Å². The molecule has 0 saturated carbocycles. The van der Waals surface area contributed by atoms with Crippen molar-refractivity contribution >= 4 is 5.97 Å². The van der Waals surface area contributed by atoms with Crippen molar-refractivity contribution in [2.75, 3.05) is 26.6 Å². The number of ether oxygens (including phenoxy) is 1. The topological polar surface area (TPSA) is 29.5 Å². The van der Waals surface area contributed by atoms with E-state index < -0.39 is 31.8 Å². The molecule has 1 aromatic carbocycles. The molecule has 20 heavy (non-hydrogen) atoms. The van der Waals surface area contributed by atoms with Crippen molar-refractivity contribution in [1.29, 1.82) is 0 Å². The van der Waals surface area contributed by atoms with Gasteiger partial charge >= 0.3 is 5.97 Å². The number of hydrogen-bond acceptors (Lipinski definition) is 3. The molecule has 3 nitrogen and oxygen atoms in total. The third kappa shape index (κ3) is 4.07. The third-order valence-electron chi connectivity index (χ3n) is 3.93. The lowest BCUT2D eigenvalue weighted by atomic mass is 9.71. The van der Waals surface area contributed by atoms with Crippen LogP contribution in [0.5, 0.6) is 0 Å². The Morgan fingerprint density at radius 1 is 1.40 bits per heavy atom. The highest BCUT2D eigenvalue weighted by Crippen LogP contribution is 2.38. The molecular formula is C17H25NO2. The highest BCUT2D eigenvalue weighted by molar-refractivity contribution is 5.70. The Labute approximate surface area is 133 Å². The Kier molecular flexibility index (Phi) is 2.62. The van der Waals surface area contributed by atoms with E-state index in [4.69, 9.17) is 11.0 Å². The van der Waals surface area contributed by atoms with E-state index >= 15 is 0 Å². The van der Waals surface area contributed by atoms with Crippen molar-refractivity contribution in [2.24, 2.45) is 5.41 Å². The Morgan fingerprint density at radius 3 is 2.80 bits per heavy atom. The van der Waals surface area contributed by atoms with Crippen LogP contribution in [0.1, 0.15) is 42.6 Å². The van der Waals surface area contributed by atoms with E-state index in [1.54, 1.807) is 0 Å². The molecule has 1 saturated heterocycles. The van der Waals surface area contributed by atoms with E-state index in [1.807, 2.05) is 30.3 Å². The van der Waals surface area contributed by atoms with Gasteiger partial charge in [-0.05, 0) is 57.2 Å². The molecule has 0 spiro atoms. The average Bonchev–Trinajstić information content (AvgIpc) is 2.53. The van der Waals surface area contributed by atoms with Gasteiger partial charge in [0.25, 0.3) is 0 Å². The van der Waals surface area contributed by atoms with Crippen LogP contribution in [0.15, 0.2) is 30.3 Å². The molecule has 1 heterocycles. The van der Waals surface area contributed by atoms with Crippen LogP contribution < -0.4 is 0 Å². The van der Waals surface area contributed by atoms with Gasteiger partial charge in [-0.25, -0.2) is 0 Å². The van der Waals surface area contributed by atoms with Crippen molar-refractivity contribution in [3.8, 4) is 0 Å². The standard InChI is InChI=1S/C17H25NO2/c1-3-20-16(19)14-17(9-11-18(2)12-10-17)13-15-7-5-4-6-8-15/h4-8H,3,9-14H2,1-2H3/i1D3,2D3,3D2. The van der Waals surface area contributed by atoms with Gasteiger partial charge in [0.05, 0.1) is 15.7 Å². The number of likely N-dealkylation sites (tertiary alicyclic amines) is 1. The maximum atomic E-state index is 12.4. The largest absolute Gasteiger partial charge is 0.466 e. The molecule has 3 heteroatoms. The number of hydrogen-bond donors (Lipinski definition) is 0. The normalized spacial score (nSPS) is 26.6. The molecule has 0 radical (unpaired) electrons. The lowest BCUT2D eigenvalue weighted by Crippen LogP contribution is -2.40. The lowest BCUT2D eigenvalue weighted by Gasteiger charge is -2.40. The lowest BCUT2D eigenvalue weighted by molar-refractivity contribution is -0.146. The van der Waals surface area contributed by atoms with E-state index in [2.05, 4.69) is 4.74 Å². The van der Waals surface area contributed by atoms with Gasteiger partial charge in [0.2, 0.25) is 0 Å². The second-order valence-corrected chi connectivity index (χ2v) is 5.40. The summed E-state index contributed by atoms with van der Waals surface area (Å²) in [5.74, 6) is -0.931. The first kappa shape index (κ1) is 7.60. The van der Waals surface area contributed by atoms with Crippen molar-refractivity contribution < 1.29 is 20.5 Å². The molecule has 0 aliphatic carbocycles. The predicted octanol–water partition coefficient (Wildman–Crippen LogP) is 2.89. The minimum atomic E-state index is -3.08. The summed E-state index contributed by atoms with van der Waals surface area (Å²) in [7, 11) is 0. The van der Waals surface area contributed by atoms with Crippen LogP contribution in [-0.4, -0.2) is 37.5 Å². The Balaban J connectivity index is 2.17. The van der Waals surface area contributed by atoms with E-state index in [-0.39, 0.29) is 19.5 Å². The molecule has 1 aliphatic rings. The first-order chi connectivity index (χ1) is 12.7. The molecule has 2 rings (SSSR count). The second-order valence-electron chi connectivity index (χ2n) is 5.40. The van der Waals surface area contributed by atoms with Gasteiger partial charge in [0.15, 0.2) is 0 Å². The van der Waals surface area contributed by atoms with Crippen molar-refractivity contribution in [1.82, 2.24) is 4.90 Å². The molecule has 0 amide bonds. The van der Waals surface area contributed by atoms with Crippen LogP contribution >= 0.6 is 0 Å². The van der Waals surface area contributed by atoms with Crippen molar-refractivity contribution in [3.63, 3.8) is 0 Å². The molecule has 110 valence electrons. The number of rotatable bonds is 5. The van der Waals surface area contributed by atoms with Gasteiger partial charge in [-0.1, -0.05) is 30.3 Å². The first-order valence-electron chi connectivity index (χ1n) is 10.8. The van der Waals surface area contributed by atoms with Crippen molar-refractivity contribution in [3.05, 3.63) is 35.9 Å². The molecule has 0 aromatic heterocycles. The molecular weight excluding hydrogens is 250 g/mol. The van der Waals surface area contributed by atoms with Gasteiger partial charge < -0.3 is 9.64 Å². The van der Waals surface area contributed by atoms with Gasteiger partial charge in [-0.2, -0.15) is 0 Å². The summed E-state index contributed by atoms with van der Waals surface area (Å²) < 4.78 is 63.9. The zero-order valence-electron chi connectivity index (χ0n) is 19.4. The zero-order chi connectivity index (χ0) is 21.2. The molecule has 0 atom stereocenters. The summed E-state index contributed by atoms with van der Waals surface area (Å²) in [4.78, 5) is 13.8. The summed E-state index contributed by atoms with van der Waals surface area (Å²) >= 11 is 0. The Bertz CT molecular complexity index is 664. The maximum absolute atomic E-state index is 12.4. The van der Waals surface area contributed by atoms with E-state index in [0.717, 1.165) is 5.56 Å². The van der Waals surface area contributed by atoms with Crippen molar-refractivity contribution in [2.45, 2.75) is 32.5 Å². The second kappa shape index (κ2) is 6.89. The van der Waals surface area contributed by atoms with Crippen LogP contribution in [0.4, 0.5) is 0 Å². The van der Waals surface area contributed by atoms with Crippen LogP contribution in [0.2, 0.25) is 0 Å². The number of carbonyl (C=O) groups excluding carboxylic acids is 1. The number of esters is 1. The molecule has 0 unspecified atom stereocenters. The fourth-order valence-corrected chi connectivity index (χ4v) is 2.83. The number of piperidine rings is 1. The van der Waals surface area contributed by atoms with Gasteiger partial charge in [-0.3, -0.25) is 4.79 Å². The third-order valence-corrected chi connectivity index (χ3v) is 3.93. The number of benzene rings is 1. The van der Waals surface area contributed by atoms with Crippen LogP contribution in [0.3, 0.4) is 0 Å². The fourth-order valence-electron chi connectivity index (χ4n) is 2.83.